The maximum absolute atomic E-state index is 12.0. The van der Waals surface area contributed by atoms with Crippen molar-refractivity contribution < 1.29 is 4.79 Å². The molecule has 4 rings (SSSR count). The van der Waals surface area contributed by atoms with Crippen LogP contribution in [0, 0.1) is 17.8 Å². The number of nitrogens with one attached hydrogen (secondary N) is 1. The number of hydrogen-bond acceptors (Lipinski definition) is 5. The van der Waals surface area contributed by atoms with Crippen LogP contribution >= 0.6 is 27.3 Å². The Bertz CT molecular complexity index is 518. The van der Waals surface area contributed by atoms with Gasteiger partial charge in [0.05, 0.1) is 0 Å². The normalized spacial score (nSPS) is 32.5. The van der Waals surface area contributed by atoms with E-state index in [0.29, 0.717) is 29.7 Å². The molecule has 0 aromatic carbocycles. The zero-order chi connectivity index (χ0) is 13.7. The van der Waals surface area contributed by atoms with E-state index in [9.17, 15) is 4.79 Å². The second kappa shape index (κ2) is 4.94. The van der Waals surface area contributed by atoms with E-state index in [1.165, 1.54) is 12.8 Å². The summed E-state index contributed by atoms with van der Waals surface area (Å²) in [5.74, 6) is 1.74. The van der Waals surface area contributed by atoms with Crippen LogP contribution in [0.15, 0.2) is 3.92 Å². The van der Waals surface area contributed by atoms with Crippen LogP contribution < -0.4 is 10.2 Å². The van der Waals surface area contributed by atoms with E-state index in [0.717, 1.165) is 35.0 Å². The van der Waals surface area contributed by atoms with E-state index >= 15 is 0 Å². The molecule has 7 heteroatoms. The van der Waals surface area contributed by atoms with Crippen LogP contribution in [0.25, 0.3) is 0 Å². The number of piperidine rings is 1. The lowest BCUT2D eigenvalue weighted by molar-refractivity contribution is -0.123. The maximum Gasteiger partial charge on any atom is 0.223 e. The Balaban J connectivity index is 1.45. The second-order valence-corrected chi connectivity index (χ2v) is 8.38. The number of carbonyl (C=O) groups is 1. The lowest BCUT2D eigenvalue weighted by Crippen LogP contribution is -2.53. The third kappa shape index (κ3) is 2.35. The van der Waals surface area contributed by atoms with Crippen LogP contribution in [0.5, 0.6) is 0 Å². The summed E-state index contributed by atoms with van der Waals surface area (Å²) in [6.45, 7) is 1.99. The Kier molecular flexibility index (Phi) is 3.22. The maximum atomic E-state index is 12.0. The summed E-state index contributed by atoms with van der Waals surface area (Å²) in [6, 6.07) is 0.385. The van der Waals surface area contributed by atoms with Gasteiger partial charge >= 0.3 is 0 Å². The summed E-state index contributed by atoms with van der Waals surface area (Å²) in [7, 11) is 0. The minimum atomic E-state index is 0.291. The zero-order valence-corrected chi connectivity index (χ0v) is 13.5. The number of fused-ring (bicyclic) bond motifs is 2. The summed E-state index contributed by atoms with van der Waals surface area (Å²) >= 11 is 4.96. The number of nitrogens with zero attached hydrogens (tertiary/aromatic N) is 3. The van der Waals surface area contributed by atoms with Crippen LogP contribution in [0.2, 0.25) is 0 Å². The molecule has 0 radical (unpaired) electrons. The summed E-state index contributed by atoms with van der Waals surface area (Å²) < 4.78 is 0.837. The lowest BCUT2D eigenvalue weighted by atomic mass is 9.92. The molecule has 2 saturated carbocycles. The highest BCUT2D eigenvalue weighted by atomic mass is 79.9. The van der Waals surface area contributed by atoms with Gasteiger partial charge in [-0.2, -0.15) is 0 Å². The molecular weight excluding hydrogens is 340 g/mol. The molecule has 1 saturated heterocycles. The first-order valence-electron chi connectivity index (χ1n) is 7.25. The SMILES string of the molecule is O=C(N[C@@H]1[C@@H]2CC[C@H]1CN(c1nnc(Br)s1)C2)C1CC1. The van der Waals surface area contributed by atoms with Gasteiger partial charge in [-0.25, -0.2) is 0 Å². The molecular formula is C13H17BrN4OS. The smallest absolute Gasteiger partial charge is 0.223 e. The molecule has 3 fully saturated rings. The molecule has 0 spiro atoms. The van der Waals surface area contributed by atoms with Crippen LogP contribution in [0.4, 0.5) is 5.13 Å². The number of halogens is 1. The Labute approximate surface area is 130 Å². The van der Waals surface area contributed by atoms with E-state index in [1.807, 2.05) is 0 Å². The van der Waals surface area contributed by atoms with Crippen molar-refractivity contribution >= 4 is 38.3 Å². The number of rotatable bonds is 3. The highest BCUT2D eigenvalue weighted by molar-refractivity contribution is 9.11. The summed E-state index contributed by atoms with van der Waals surface area (Å²) in [5.41, 5.74) is 0. The molecule has 0 unspecified atom stereocenters. The van der Waals surface area contributed by atoms with Crippen LogP contribution in [0.3, 0.4) is 0 Å². The summed E-state index contributed by atoms with van der Waals surface area (Å²) in [4.78, 5) is 14.3. The summed E-state index contributed by atoms with van der Waals surface area (Å²) in [6.07, 6.45) is 4.60. The Morgan fingerprint density at radius 1 is 1.20 bits per heavy atom. The third-order valence-electron chi connectivity index (χ3n) is 4.75. The van der Waals surface area contributed by atoms with Crippen molar-refractivity contribution in [2.75, 3.05) is 18.0 Å². The molecule has 20 heavy (non-hydrogen) atoms. The van der Waals surface area contributed by atoms with Gasteiger partial charge in [-0.3, -0.25) is 4.79 Å². The molecule has 108 valence electrons. The fourth-order valence-electron chi connectivity index (χ4n) is 3.57. The average Bonchev–Trinajstić information content (AvgIpc) is 3.16. The van der Waals surface area contributed by atoms with Gasteiger partial charge in [-0.1, -0.05) is 11.3 Å². The molecule has 1 aliphatic heterocycles. The van der Waals surface area contributed by atoms with Gasteiger partial charge < -0.3 is 10.2 Å². The van der Waals surface area contributed by atoms with Gasteiger partial charge in [0, 0.05) is 25.0 Å². The first-order valence-corrected chi connectivity index (χ1v) is 8.86. The second-order valence-electron chi connectivity index (χ2n) is 6.15. The highest BCUT2D eigenvalue weighted by Crippen LogP contribution is 2.40. The fraction of sp³-hybridized carbons (Fsp3) is 0.769. The van der Waals surface area contributed by atoms with Gasteiger partial charge in [0.1, 0.15) is 0 Å². The van der Waals surface area contributed by atoms with Crippen LogP contribution in [-0.2, 0) is 4.79 Å². The van der Waals surface area contributed by atoms with Crippen LogP contribution in [-0.4, -0.2) is 35.2 Å². The summed E-state index contributed by atoms with van der Waals surface area (Å²) in [5, 5.41) is 12.6. The molecule has 2 heterocycles. The standard InChI is InChI=1S/C13H17BrN4OS/c14-12-16-17-13(20-12)18-5-8-3-4-9(6-18)10(8)15-11(19)7-1-2-7/h7-10H,1-6H2,(H,15,19)/t8-,9+,10-. The van der Waals surface area contributed by atoms with Gasteiger partial charge in [0.2, 0.25) is 11.0 Å². The molecule has 2 aliphatic carbocycles. The number of carbonyl (C=O) groups excluding carboxylic acids is 1. The topological polar surface area (TPSA) is 58.1 Å². The van der Waals surface area contributed by atoms with Crippen LogP contribution in [0.1, 0.15) is 25.7 Å². The quantitative estimate of drug-likeness (QED) is 0.900. The van der Waals surface area contributed by atoms with Gasteiger partial charge in [0.25, 0.3) is 0 Å². The van der Waals surface area contributed by atoms with E-state index in [4.69, 9.17) is 0 Å². The Hall–Kier alpha value is -0.690. The highest BCUT2D eigenvalue weighted by Gasteiger charge is 2.44. The number of hydrogen-bond donors (Lipinski definition) is 1. The van der Waals surface area contributed by atoms with Crippen molar-refractivity contribution in [1.82, 2.24) is 15.5 Å². The Morgan fingerprint density at radius 3 is 2.45 bits per heavy atom. The number of aromatic nitrogens is 2. The Morgan fingerprint density at radius 2 is 1.90 bits per heavy atom. The molecule has 2 bridgehead atoms. The van der Waals surface area contributed by atoms with Crippen molar-refractivity contribution in [3.63, 3.8) is 0 Å². The minimum absolute atomic E-state index is 0.291. The van der Waals surface area contributed by atoms with Crippen molar-refractivity contribution in [3.8, 4) is 0 Å². The van der Waals surface area contributed by atoms with Gasteiger partial charge in [0.15, 0.2) is 3.92 Å². The number of amides is 1. The van der Waals surface area contributed by atoms with Crippen molar-refractivity contribution in [2.24, 2.45) is 17.8 Å². The van der Waals surface area contributed by atoms with E-state index in [1.54, 1.807) is 11.3 Å². The largest absolute Gasteiger partial charge is 0.352 e. The van der Waals surface area contributed by atoms with E-state index in [-0.39, 0.29) is 0 Å². The molecule has 3 aliphatic rings. The molecule has 1 N–H and O–H groups in total. The average molecular weight is 357 g/mol. The van der Waals surface area contributed by atoms with Crippen molar-refractivity contribution in [3.05, 3.63) is 3.92 Å². The molecule has 1 aromatic heterocycles. The number of anilines is 1. The third-order valence-corrected chi connectivity index (χ3v) is 6.17. The first-order chi connectivity index (χ1) is 9.70. The predicted octanol–water partition coefficient (Wildman–Crippen LogP) is 2.04. The van der Waals surface area contributed by atoms with E-state index in [2.05, 4.69) is 36.3 Å². The first kappa shape index (κ1) is 13.0. The zero-order valence-electron chi connectivity index (χ0n) is 11.1. The molecule has 1 aromatic rings. The minimum Gasteiger partial charge on any atom is -0.352 e. The molecule has 5 nitrogen and oxygen atoms in total. The molecule has 3 atom stereocenters. The van der Waals surface area contributed by atoms with Crippen molar-refractivity contribution in [1.29, 1.82) is 0 Å². The lowest BCUT2D eigenvalue weighted by Gasteiger charge is -2.38. The van der Waals surface area contributed by atoms with Gasteiger partial charge in [-0.15, -0.1) is 10.2 Å². The van der Waals surface area contributed by atoms with E-state index < -0.39 is 0 Å². The monoisotopic (exact) mass is 356 g/mol. The predicted molar refractivity (Wildman–Crippen MR) is 80.7 cm³/mol. The van der Waals surface area contributed by atoms with Crippen molar-refractivity contribution in [2.45, 2.75) is 31.7 Å². The molecule has 1 amide bonds. The fourth-order valence-corrected chi connectivity index (χ4v) is 4.67. The van der Waals surface area contributed by atoms with Gasteiger partial charge in [-0.05, 0) is 53.4 Å².